The minimum Gasteiger partial charge on any atom is -0.449 e. The number of anilines is 3. The number of hydrogen-bond donors (Lipinski definition) is 2. The molecule has 0 radical (unpaired) electrons. The van der Waals surface area contributed by atoms with Crippen molar-refractivity contribution in [3.63, 3.8) is 0 Å². The van der Waals surface area contributed by atoms with Crippen LogP contribution in [-0.4, -0.2) is 62.1 Å². The summed E-state index contributed by atoms with van der Waals surface area (Å²) < 4.78 is 9.04. The van der Waals surface area contributed by atoms with Crippen LogP contribution < -0.4 is 10.6 Å². The summed E-state index contributed by atoms with van der Waals surface area (Å²) in [6.07, 6.45) is 5.86. The molecule has 2 aromatic carbocycles. The van der Waals surface area contributed by atoms with Gasteiger partial charge in [-0.05, 0) is 43.7 Å². The minimum atomic E-state index is -0.533. The standard InChI is InChI=1S/C29H31N9O2/c1-3-24-25(35-29(39)40-15-7-13-36(2)14-12-30)19-38-27(24)28(31-20-33-38)34-23-10-11-26-22(16-23)17-32-37(26)18-21-8-5-4-6-9-21/h4-6,8-11,16-17,19-20H,3,7,13-15,18H2,1-2H3,(H,35,39)(H,31,33,34). The molecule has 0 aliphatic rings. The van der Waals surface area contributed by atoms with Crippen LogP contribution in [0, 0.1) is 11.3 Å². The number of amides is 1. The van der Waals surface area contributed by atoms with Crippen LogP contribution in [0.25, 0.3) is 16.4 Å². The van der Waals surface area contributed by atoms with Crippen LogP contribution in [0.4, 0.5) is 22.0 Å². The number of nitrogens with one attached hydrogen (secondary N) is 2. The molecule has 0 bridgehead atoms. The van der Waals surface area contributed by atoms with Gasteiger partial charge in [0.1, 0.15) is 11.8 Å². The van der Waals surface area contributed by atoms with E-state index in [0.717, 1.165) is 27.7 Å². The minimum absolute atomic E-state index is 0.257. The number of nitriles is 1. The summed E-state index contributed by atoms with van der Waals surface area (Å²) in [5.74, 6) is 0.629. The Bertz CT molecular complexity index is 1650. The van der Waals surface area contributed by atoms with Crippen LogP contribution in [-0.2, 0) is 17.7 Å². The van der Waals surface area contributed by atoms with Crippen molar-refractivity contribution in [2.45, 2.75) is 26.3 Å². The lowest BCUT2D eigenvalue weighted by molar-refractivity contribution is 0.155. The van der Waals surface area contributed by atoms with Gasteiger partial charge in [0.2, 0.25) is 0 Å². The van der Waals surface area contributed by atoms with E-state index in [1.165, 1.54) is 11.9 Å². The first kappa shape index (κ1) is 26.6. The second-order valence-electron chi connectivity index (χ2n) is 9.47. The number of hydrogen-bond acceptors (Lipinski definition) is 8. The molecular weight excluding hydrogens is 506 g/mol. The molecule has 1 amide bonds. The topological polar surface area (TPSA) is 125 Å². The first-order chi connectivity index (χ1) is 19.6. The summed E-state index contributed by atoms with van der Waals surface area (Å²) in [5.41, 5.74) is 5.39. The molecule has 3 heterocycles. The van der Waals surface area contributed by atoms with Crippen LogP contribution >= 0.6 is 0 Å². The van der Waals surface area contributed by atoms with E-state index in [-0.39, 0.29) is 6.61 Å². The number of nitrogens with zero attached hydrogens (tertiary/aromatic N) is 7. The Balaban J connectivity index is 1.30. The van der Waals surface area contributed by atoms with Crippen molar-refractivity contribution in [1.82, 2.24) is 29.3 Å². The lowest BCUT2D eigenvalue weighted by Gasteiger charge is -2.12. The molecule has 5 aromatic rings. The maximum Gasteiger partial charge on any atom is 0.411 e. The molecule has 0 fully saturated rings. The highest BCUT2D eigenvalue weighted by Crippen LogP contribution is 2.30. The van der Waals surface area contributed by atoms with Gasteiger partial charge in [-0.2, -0.15) is 15.5 Å². The smallest absolute Gasteiger partial charge is 0.411 e. The van der Waals surface area contributed by atoms with Crippen molar-refractivity contribution in [2.75, 3.05) is 37.4 Å². The Morgan fingerprint density at radius 1 is 1.18 bits per heavy atom. The van der Waals surface area contributed by atoms with Gasteiger partial charge in [-0.25, -0.2) is 14.3 Å². The number of carbonyl (C=O) groups is 1. The van der Waals surface area contributed by atoms with Crippen molar-refractivity contribution < 1.29 is 9.53 Å². The fraction of sp³-hybridized carbons (Fsp3) is 0.276. The Labute approximate surface area is 232 Å². The quantitative estimate of drug-likeness (QED) is 0.181. The third-order valence-electron chi connectivity index (χ3n) is 6.61. The molecule has 0 aliphatic carbocycles. The largest absolute Gasteiger partial charge is 0.449 e. The molecular formula is C29H31N9O2. The SMILES string of the molecule is CCc1c(NC(=O)OCCCN(C)CC#N)cn2ncnc(Nc3ccc4c(cnn4Cc4ccccc4)c3)c12. The average molecular weight is 538 g/mol. The highest BCUT2D eigenvalue weighted by molar-refractivity contribution is 5.91. The fourth-order valence-electron chi connectivity index (χ4n) is 4.66. The molecule has 0 spiro atoms. The molecule has 0 saturated carbocycles. The van der Waals surface area contributed by atoms with Crippen molar-refractivity contribution in [3.05, 3.63) is 78.4 Å². The van der Waals surface area contributed by atoms with Crippen molar-refractivity contribution in [2.24, 2.45) is 0 Å². The molecule has 3 aromatic heterocycles. The van der Waals surface area contributed by atoms with E-state index < -0.39 is 6.09 Å². The summed E-state index contributed by atoms with van der Waals surface area (Å²) in [4.78, 5) is 18.9. The maximum atomic E-state index is 12.5. The summed E-state index contributed by atoms with van der Waals surface area (Å²) in [5, 5.41) is 25.0. The molecule has 0 unspecified atom stereocenters. The molecule has 0 aliphatic heterocycles. The molecule has 204 valence electrons. The van der Waals surface area contributed by atoms with Crippen LogP contribution in [0.1, 0.15) is 24.5 Å². The first-order valence-electron chi connectivity index (χ1n) is 13.2. The Morgan fingerprint density at radius 3 is 2.83 bits per heavy atom. The van der Waals surface area contributed by atoms with Gasteiger partial charge in [-0.15, -0.1) is 0 Å². The van der Waals surface area contributed by atoms with E-state index >= 15 is 0 Å². The van der Waals surface area contributed by atoms with Gasteiger partial charge in [0.15, 0.2) is 5.82 Å². The highest BCUT2D eigenvalue weighted by Gasteiger charge is 2.17. The van der Waals surface area contributed by atoms with Crippen LogP contribution in [0.2, 0.25) is 0 Å². The van der Waals surface area contributed by atoms with Crippen molar-refractivity contribution in [1.29, 1.82) is 5.26 Å². The second-order valence-corrected chi connectivity index (χ2v) is 9.47. The van der Waals surface area contributed by atoms with E-state index in [9.17, 15) is 4.79 Å². The molecule has 0 atom stereocenters. The lowest BCUT2D eigenvalue weighted by atomic mass is 10.2. The second kappa shape index (κ2) is 12.3. The average Bonchev–Trinajstić information content (AvgIpc) is 3.52. The van der Waals surface area contributed by atoms with E-state index in [2.05, 4.69) is 44.0 Å². The number of aryl methyl sites for hydroxylation is 1. The highest BCUT2D eigenvalue weighted by atomic mass is 16.5. The fourth-order valence-corrected chi connectivity index (χ4v) is 4.66. The zero-order valence-electron chi connectivity index (χ0n) is 22.5. The molecule has 40 heavy (non-hydrogen) atoms. The summed E-state index contributed by atoms with van der Waals surface area (Å²) >= 11 is 0. The summed E-state index contributed by atoms with van der Waals surface area (Å²) in [6.45, 7) is 3.98. The maximum absolute atomic E-state index is 12.5. The van der Waals surface area contributed by atoms with Gasteiger partial charge in [0, 0.05) is 23.2 Å². The summed E-state index contributed by atoms with van der Waals surface area (Å²) in [6, 6.07) is 18.4. The molecule has 2 N–H and O–H groups in total. The molecule has 11 heteroatoms. The monoisotopic (exact) mass is 537 g/mol. The number of ether oxygens (including phenoxy) is 1. The predicted molar refractivity (Wildman–Crippen MR) is 154 cm³/mol. The van der Waals surface area contributed by atoms with Gasteiger partial charge in [0.05, 0.1) is 49.4 Å². The third-order valence-corrected chi connectivity index (χ3v) is 6.61. The lowest BCUT2D eigenvalue weighted by Crippen LogP contribution is -2.22. The van der Waals surface area contributed by atoms with E-state index in [4.69, 9.17) is 10.00 Å². The third kappa shape index (κ3) is 6.03. The van der Waals surface area contributed by atoms with Gasteiger partial charge in [0.25, 0.3) is 0 Å². The normalized spacial score (nSPS) is 11.2. The number of fused-ring (bicyclic) bond motifs is 2. The van der Waals surface area contributed by atoms with Gasteiger partial charge in [-0.3, -0.25) is 14.9 Å². The Hall–Kier alpha value is -4.95. The molecule has 5 rings (SSSR count). The van der Waals surface area contributed by atoms with Crippen molar-refractivity contribution >= 4 is 39.7 Å². The van der Waals surface area contributed by atoms with Crippen LogP contribution in [0.15, 0.2) is 67.3 Å². The van der Waals surface area contributed by atoms with Gasteiger partial charge < -0.3 is 10.1 Å². The Kier molecular flexibility index (Phi) is 8.18. The molecule has 11 nitrogen and oxygen atoms in total. The van der Waals surface area contributed by atoms with E-state index in [1.807, 2.05) is 66.1 Å². The van der Waals surface area contributed by atoms with Crippen LogP contribution in [0.3, 0.4) is 0 Å². The van der Waals surface area contributed by atoms with Crippen LogP contribution in [0.5, 0.6) is 0 Å². The van der Waals surface area contributed by atoms with E-state index in [1.54, 1.807) is 10.7 Å². The number of aromatic nitrogens is 5. The van der Waals surface area contributed by atoms with Gasteiger partial charge >= 0.3 is 6.09 Å². The zero-order valence-corrected chi connectivity index (χ0v) is 22.5. The Morgan fingerprint density at radius 2 is 2.02 bits per heavy atom. The summed E-state index contributed by atoms with van der Waals surface area (Å²) in [7, 11) is 1.85. The predicted octanol–water partition coefficient (Wildman–Crippen LogP) is 4.83. The van der Waals surface area contributed by atoms with E-state index in [0.29, 0.717) is 44.0 Å². The number of benzene rings is 2. The number of rotatable bonds is 11. The molecule has 0 saturated heterocycles. The zero-order chi connectivity index (χ0) is 27.9. The van der Waals surface area contributed by atoms with Crippen molar-refractivity contribution in [3.8, 4) is 6.07 Å². The first-order valence-corrected chi connectivity index (χ1v) is 13.2. The number of carbonyl (C=O) groups excluding carboxylic acids is 1. The van der Waals surface area contributed by atoms with Gasteiger partial charge in [-0.1, -0.05) is 37.3 Å².